The number of hydrogen-bond acceptors (Lipinski definition) is 8. The van der Waals surface area contributed by atoms with E-state index in [1.165, 1.54) is 0 Å². The van der Waals surface area contributed by atoms with E-state index in [2.05, 4.69) is 116 Å². The summed E-state index contributed by atoms with van der Waals surface area (Å²) in [5.74, 6) is 2.11. The fraction of sp³-hybridized carbons (Fsp3) is 0.889. The average Bonchev–Trinajstić information content (AvgIpc) is 2.60. The van der Waals surface area contributed by atoms with Crippen LogP contribution in [-0.2, 0) is 0 Å². The SMILES string of the molecule is CN(c1nc(NC(C)(C)C)nc(N(C)C2CC(C)(C)NC(C)(C)C2)n1)C1CC(C)(C)NC(C)(C)C1. The molecule has 2 saturated heterocycles. The summed E-state index contributed by atoms with van der Waals surface area (Å²) in [5, 5.41) is 11.1. The molecule has 0 bridgehead atoms. The van der Waals surface area contributed by atoms with E-state index >= 15 is 0 Å². The Kier molecular flexibility index (Phi) is 7.19. The summed E-state index contributed by atoms with van der Waals surface area (Å²) in [6, 6.07) is 0.669. The number of rotatable bonds is 5. The van der Waals surface area contributed by atoms with Crippen LogP contribution in [-0.4, -0.2) is 68.8 Å². The van der Waals surface area contributed by atoms with Crippen molar-refractivity contribution in [3.8, 4) is 0 Å². The number of aromatic nitrogens is 3. The number of hydrogen-bond donors (Lipinski definition) is 3. The van der Waals surface area contributed by atoms with Crippen LogP contribution in [0.25, 0.3) is 0 Å². The smallest absolute Gasteiger partial charge is 0.231 e. The second-order valence-electron chi connectivity index (χ2n) is 14.8. The fourth-order valence-corrected chi connectivity index (χ4v) is 6.47. The molecule has 200 valence electrons. The molecule has 1 aromatic rings. The quantitative estimate of drug-likeness (QED) is 0.556. The lowest BCUT2D eigenvalue weighted by Crippen LogP contribution is -2.62. The van der Waals surface area contributed by atoms with Crippen LogP contribution < -0.4 is 25.8 Å². The van der Waals surface area contributed by atoms with Gasteiger partial charge >= 0.3 is 0 Å². The summed E-state index contributed by atoms with van der Waals surface area (Å²) in [5.41, 5.74) is 0.0425. The third kappa shape index (κ3) is 7.42. The molecule has 0 aromatic carbocycles. The second-order valence-corrected chi connectivity index (χ2v) is 14.8. The molecule has 0 radical (unpaired) electrons. The van der Waals surface area contributed by atoms with E-state index in [-0.39, 0.29) is 27.7 Å². The van der Waals surface area contributed by atoms with Gasteiger partial charge in [0.2, 0.25) is 17.8 Å². The molecule has 0 spiro atoms. The highest BCUT2D eigenvalue weighted by Crippen LogP contribution is 2.35. The normalized spacial score (nSPS) is 24.1. The average molecular weight is 489 g/mol. The van der Waals surface area contributed by atoms with Gasteiger partial charge in [-0.25, -0.2) is 0 Å². The van der Waals surface area contributed by atoms with E-state index in [9.17, 15) is 0 Å². The Labute approximate surface area is 214 Å². The van der Waals surface area contributed by atoms with Gasteiger partial charge in [0.25, 0.3) is 0 Å². The molecular formula is C27H52N8. The van der Waals surface area contributed by atoms with E-state index in [0.717, 1.165) is 37.6 Å². The van der Waals surface area contributed by atoms with Gasteiger partial charge in [-0.3, -0.25) is 0 Å². The fourth-order valence-electron chi connectivity index (χ4n) is 6.47. The monoisotopic (exact) mass is 488 g/mol. The van der Waals surface area contributed by atoms with Gasteiger partial charge < -0.3 is 25.8 Å². The third-order valence-electron chi connectivity index (χ3n) is 7.16. The predicted molar refractivity (Wildman–Crippen MR) is 149 cm³/mol. The molecule has 1 aromatic heterocycles. The highest BCUT2D eigenvalue weighted by atomic mass is 15.4. The molecular weight excluding hydrogens is 436 g/mol. The summed E-state index contributed by atoms with van der Waals surface area (Å²) in [6.45, 7) is 24.7. The molecule has 2 aliphatic rings. The summed E-state index contributed by atoms with van der Waals surface area (Å²) >= 11 is 0. The molecule has 3 heterocycles. The Balaban J connectivity index is 1.98. The molecule has 0 unspecified atom stereocenters. The van der Waals surface area contributed by atoms with Crippen LogP contribution in [0.2, 0.25) is 0 Å². The first kappa shape index (κ1) is 27.9. The maximum Gasteiger partial charge on any atom is 0.231 e. The van der Waals surface area contributed by atoms with Crippen LogP contribution in [0.15, 0.2) is 0 Å². The van der Waals surface area contributed by atoms with Gasteiger partial charge in [-0.15, -0.1) is 0 Å². The first-order valence-corrected chi connectivity index (χ1v) is 13.2. The molecule has 2 aliphatic heterocycles. The van der Waals surface area contributed by atoms with Crippen LogP contribution >= 0.6 is 0 Å². The first-order chi connectivity index (χ1) is 15.7. The van der Waals surface area contributed by atoms with E-state index < -0.39 is 0 Å². The minimum atomic E-state index is -0.148. The minimum Gasteiger partial charge on any atom is -0.349 e. The van der Waals surface area contributed by atoms with Gasteiger partial charge in [-0.2, -0.15) is 15.0 Å². The molecule has 35 heavy (non-hydrogen) atoms. The zero-order chi connectivity index (χ0) is 26.6. The molecule has 3 N–H and O–H groups in total. The molecule has 8 heteroatoms. The van der Waals surface area contributed by atoms with Crippen molar-refractivity contribution >= 4 is 17.8 Å². The highest BCUT2D eigenvalue weighted by molar-refractivity contribution is 5.47. The molecule has 0 amide bonds. The van der Waals surface area contributed by atoms with Crippen LogP contribution in [0.5, 0.6) is 0 Å². The van der Waals surface area contributed by atoms with E-state index in [1.54, 1.807) is 0 Å². The molecule has 0 aliphatic carbocycles. The van der Waals surface area contributed by atoms with Crippen molar-refractivity contribution in [2.75, 3.05) is 29.2 Å². The van der Waals surface area contributed by atoms with Gasteiger partial charge in [0.05, 0.1) is 0 Å². The van der Waals surface area contributed by atoms with Crippen molar-refractivity contribution in [2.45, 2.75) is 142 Å². The van der Waals surface area contributed by atoms with E-state index in [0.29, 0.717) is 18.0 Å². The first-order valence-electron chi connectivity index (χ1n) is 13.2. The topological polar surface area (TPSA) is 81.2 Å². The third-order valence-corrected chi connectivity index (χ3v) is 7.16. The maximum absolute atomic E-state index is 5.05. The number of nitrogens with one attached hydrogen (secondary N) is 3. The lowest BCUT2D eigenvalue weighted by atomic mass is 9.79. The lowest BCUT2D eigenvalue weighted by molar-refractivity contribution is 0.160. The van der Waals surface area contributed by atoms with Crippen molar-refractivity contribution in [1.82, 2.24) is 25.6 Å². The van der Waals surface area contributed by atoms with Crippen molar-refractivity contribution in [2.24, 2.45) is 0 Å². The number of piperidine rings is 2. The molecule has 0 atom stereocenters. The molecule has 8 nitrogen and oxygen atoms in total. The lowest BCUT2D eigenvalue weighted by Gasteiger charge is -2.49. The summed E-state index contributed by atoms with van der Waals surface area (Å²) in [4.78, 5) is 19.4. The maximum atomic E-state index is 5.05. The van der Waals surface area contributed by atoms with Crippen molar-refractivity contribution in [3.63, 3.8) is 0 Å². The van der Waals surface area contributed by atoms with Crippen molar-refractivity contribution < 1.29 is 0 Å². The van der Waals surface area contributed by atoms with Gasteiger partial charge in [-0.05, 0) is 102 Å². The Morgan fingerprint density at radius 3 is 1.26 bits per heavy atom. The largest absolute Gasteiger partial charge is 0.349 e. The van der Waals surface area contributed by atoms with Crippen molar-refractivity contribution in [3.05, 3.63) is 0 Å². The second kappa shape index (κ2) is 9.02. The van der Waals surface area contributed by atoms with Crippen LogP contribution in [0.3, 0.4) is 0 Å². The number of anilines is 3. The van der Waals surface area contributed by atoms with Crippen LogP contribution in [0.4, 0.5) is 17.8 Å². The van der Waals surface area contributed by atoms with E-state index in [4.69, 9.17) is 15.0 Å². The molecule has 0 saturated carbocycles. The Morgan fingerprint density at radius 1 is 0.657 bits per heavy atom. The molecule has 2 fully saturated rings. The van der Waals surface area contributed by atoms with Crippen LogP contribution in [0.1, 0.15) is 102 Å². The van der Waals surface area contributed by atoms with E-state index in [1.807, 2.05) is 0 Å². The highest BCUT2D eigenvalue weighted by Gasteiger charge is 2.41. The van der Waals surface area contributed by atoms with Crippen molar-refractivity contribution in [1.29, 1.82) is 0 Å². The number of nitrogens with zero attached hydrogens (tertiary/aromatic N) is 5. The standard InChI is InChI=1S/C27H52N8/c1-23(2,3)31-20-28-21(34(12)18-14-24(4,5)32-25(6,7)15-18)30-22(29-20)35(13)19-16-26(8,9)33-27(10,11)17-19/h18-19,32-33H,14-17H2,1-13H3,(H,28,29,30,31). The summed E-state index contributed by atoms with van der Waals surface area (Å²) < 4.78 is 0. The summed E-state index contributed by atoms with van der Waals surface area (Å²) in [6.07, 6.45) is 4.12. The van der Waals surface area contributed by atoms with Gasteiger partial charge in [0, 0.05) is 53.9 Å². The molecule has 3 rings (SSSR count). The summed E-state index contributed by atoms with van der Waals surface area (Å²) in [7, 11) is 4.28. The van der Waals surface area contributed by atoms with Gasteiger partial charge in [-0.1, -0.05) is 0 Å². The Morgan fingerprint density at radius 2 is 0.971 bits per heavy atom. The zero-order valence-electron chi connectivity index (χ0n) is 24.7. The van der Waals surface area contributed by atoms with Gasteiger partial charge in [0.15, 0.2) is 0 Å². The minimum absolute atomic E-state index is 0.0477. The predicted octanol–water partition coefficient (Wildman–Crippen LogP) is 4.57. The van der Waals surface area contributed by atoms with Crippen LogP contribution in [0, 0.1) is 0 Å². The van der Waals surface area contributed by atoms with Gasteiger partial charge in [0.1, 0.15) is 0 Å². The zero-order valence-corrected chi connectivity index (χ0v) is 24.7. The Bertz CT molecular complexity index is 805. The Hall–Kier alpha value is -1.67.